The van der Waals surface area contributed by atoms with Gasteiger partial charge in [-0.25, -0.2) is 37.8 Å². The van der Waals surface area contributed by atoms with Gasteiger partial charge in [-0.3, -0.25) is 4.79 Å². The van der Waals surface area contributed by atoms with Gasteiger partial charge in [-0.05, 0) is 269 Å². The van der Waals surface area contributed by atoms with Gasteiger partial charge >= 0.3 is 0 Å². The number of ether oxygens (including phenoxy) is 4. The van der Waals surface area contributed by atoms with Crippen molar-refractivity contribution in [2.45, 2.75) is 355 Å². The number of hydrogen-bond acceptors (Lipinski definition) is 9. The molecule has 9 nitrogen and oxygen atoms in total. The molecule has 2 heterocycles. The third-order valence-electron chi connectivity index (χ3n) is 31.1. The van der Waals surface area contributed by atoms with Crippen molar-refractivity contribution in [3.63, 3.8) is 0 Å². The Morgan fingerprint density at radius 2 is 0.631 bits per heavy atom. The molecular formula is C134H152F4N4O5S2. The number of allylic oxidation sites excluding steroid dienone is 6. The Morgan fingerprint density at radius 3 is 0.973 bits per heavy atom. The van der Waals surface area contributed by atoms with Crippen LogP contribution in [-0.2, 0) is 42.9 Å². The summed E-state index contributed by atoms with van der Waals surface area (Å²) in [6.45, 7) is 36.2. The number of hydrogen-bond donors (Lipinski definition) is 0. The Morgan fingerprint density at radius 1 is 0.329 bits per heavy atom. The molecule has 15 heteroatoms. The van der Waals surface area contributed by atoms with Gasteiger partial charge in [0.1, 0.15) is 23.0 Å². The molecule has 0 amide bonds. The molecule has 4 aliphatic carbocycles. The van der Waals surface area contributed by atoms with E-state index in [1.165, 1.54) is 54.0 Å². The molecule has 4 aliphatic rings. The number of unbranched alkanes of at least 4 members (excludes halogenated alkanes) is 32. The van der Waals surface area contributed by atoms with Crippen molar-refractivity contribution in [1.82, 2.24) is 0 Å². The smallest absolute Gasteiger partial charge is 0.270 e. The number of thiophene rings is 2. The molecule has 0 saturated carbocycles. The van der Waals surface area contributed by atoms with Crippen LogP contribution < -0.4 is 18.9 Å². The van der Waals surface area contributed by atoms with Crippen LogP contribution in [0.5, 0.6) is 23.0 Å². The Kier molecular flexibility index (Phi) is 41.0. The largest absolute Gasteiger partial charge is 0.493 e. The van der Waals surface area contributed by atoms with E-state index in [0.29, 0.717) is 77.3 Å². The molecule has 11 aromatic rings. The number of nitrogens with zero attached hydrogens (tertiary/aromatic N) is 4. The van der Waals surface area contributed by atoms with Gasteiger partial charge in [0.05, 0.1) is 62.5 Å². The van der Waals surface area contributed by atoms with Crippen LogP contribution in [0, 0.1) is 59.1 Å². The number of carbonyl (C=O) groups is 1. The fourth-order valence-corrected chi connectivity index (χ4v) is 25.4. The standard InChI is InChI=1S/C134H152F4N4O5S2/c1-11-19-27-35-39-47-71-144-122-86-109(124(146-73-49-41-37-29-21-13-3)79-97(122)76-99-75-96-78-116(135)117(136)83-104(96)128(99)120(90-139)141-9)126-88-114-131(148-126)107-81-113-108(82-112(107)133(114,100-63-55-92(56-64-100)51-43-31-23-15-5)101-65-57-93(58-66-101)52-44-32-24-16-6)132-115(134(113,102-67-59-94(60-68-102)53-45-33-25-17-7)103-69-61-95(62-70-103)54-46-34-26-18-8)89-127(149-132)110-87-123(145-72-48-40-36-28-20-12-2)98(80-125(110)147-74-50-42-38-30-22-14-4)77-111-129(121(91-140)142-10)105-84-118(137)119(138)85-106(105)130(111)143/h55-70,76-89H,11-54,71-75H2,1-8H3/b99-76+,111-77-,128-120+,129-121+. The average molecular weight is 2040 g/mol. The minimum Gasteiger partial charge on any atom is -0.493 e. The van der Waals surface area contributed by atoms with Gasteiger partial charge in [-0.1, -0.05) is 358 Å². The number of halogens is 4. The fraction of sp³-hybridized carbons (Fsp3) is 0.440. The Bertz CT molecular complexity index is 6590. The second-order valence-electron chi connectivity index (χ2n) is 41.8. The van der Waals surface area contributed by atoms with Crippen LogP contribution in [0.3, 0.4) is 0 Å². The molecule has 149 heavy (non-hydrogen) atoms. The number of benzene rings is 9. The predicted molar refractivity (Wildman–Crippen MR) is 610 cm³/mol. The maximum Gasteiger partial charge on any atom is 0.270 e. The lowest BCUT2D eigenvalue weighted by molar-refractivity contribution is 0.104. The summed E-state index contributed by atoms with van der Waals surface area (Å²) >= 11 is 3.54. The van der Waals surface area contributed by atoms with E-state index >= 15 is 22.4 Å². The van der Waals surface area contributed by atoms with E-state index in [2.05, 4.69) is 211 Å². The zero-order chi connectivity index (χ0) is 105. The summed E-state index contributed by atoms with van der Waals surface area (Å²) in [6.07, 6.45) is 50.3. The van der Waals surface area contributed by atoms with Gasteiger partial charge in [0.2, 0.25) is 0 Å². The molecular weight excluding hydrogens is 1890 g/mol. The molecule has 0 fully saturated rings. The number of nitriles is 2. The topological polar surface area (TPSA) is 110 Å². The van der Waals surface area contributed by atoms with Crippen LogP contribution in [0.4, 0.5) is 17.6 Å². The van der Waals surface area contributed by atoms with E-state index in [9.17, 15) is 10.5 Å². The number of carbonyl (C=O) groups excluding carboxylic acids is 1. The molecule has 0 spiro atoms. The summed E-state index contributed by atoms with van der Waals surface area (Å²) in [5.74, 6) is -2.89. The van der Waals surface area contributed by atoms with Crippen LogP contribution in [0.25, 0.3) is 74.8 Å². The Balaban J connectivity index is 1.04. The first kappa shape index (κ1) is 111. The third-order valence-corrected chi connectivity index (χ3v) is 33.5. The lowest BCUT2D eigenvalue weighted by Gasteiger charge is -2.36. The van der Waals surface area contributed by atoms with Crippen LogP contribution in [0.15, 0.2) is 192 Å². The lowest BCUT2D eigenvalue weighted by Crippen LogP contribution is -2.30. The fourth-order valence-electron chi connectivity index (χ4n) is 22.9. The molecule has 2 aromatic heterocycles. The van der Waals surface area contributed by atoms with Gasteiger partial charge in [0.15, 0.2) is 29.1 Å². The first-order valence-electron chi connectivity index (χ1n) is 56.7. The highest BCUT2D eigenvalue weighted by Crippen LogP contribution is 2.67. The van der Waals surface area contributed by atoms with Crippen molar-refractivity contribution in [2.24, 2.45) is 0 Å². The number of ketones is 1. The maximum atomic E-state index is 15.7. The number of aryl methyl sites for hydroxylation is 4. The molecule has 0 bridgehead atoms. The van der Waals surface area contributed by atoms with E-state index in [0.717, 1.165) is 361 Å². The van der Waals surface area contributed by atoms with Gasteiger partial charge in [0.25, 0.3) is 11.4 Å². The van der Waals surface area contributed by atoms with E-state index < -0.39 is 45.6 Å². The lowest BCUT2D eigenvalue weighted by atomic mass is 9.65. The molecule has 15 rings (SSSR count). The highest BCUT2D eigenvalue weighted by atomic mass is 32.1. The van der Waals surface area contributed by atoms with E-state index in [1.807, 2.05) is 18.2 Å². The second-order valence-corrected chi connectivity index (χ2v) is 43.9. The van der Waals surface area contributed by atoms with Crippen LogP contribution in [0.2, 0.25) is 0 Å². The molecule has 778 valence electrons. The molecule has 0 radical (unpaired) electrons. The SMILES string of the molecule is [C-]#[N+]/C(C#N)=C1\C(=C\c2cc(OCCCCCCCC)c(-c3cc4c(s3)-c3cc5c(cc3C4(c3ccc(CCCCCC)cc3)c3ccc(CCCCCC)cc3)-c3sc(-c4cc(OCCCCCCCC)c(/C=C6\C(=O)c7cc(F)c(F)cc7\C6=C(\C#N)[N+]#[C-])cc4OCCCCCCCC)cc3C5(c3ccc(CCCCCC)cc3)c3ccc(CCCCCC)cc3)cc2OCCCCCCCC)Cc2cc(F)c(F)cc21. The summed E-state index contributed by atoms with van der Waals surface area (Å²) < 4.78 is 91.5. The minimum atomic E-state index is -1.21. The number of rotatable bonds is 60. The van der Waals surface area contributed by atoms with Crippen LogP contribution in [0.1, 0.15) is 417 Å². The van der Waals surface area contributed by atoms with Gasteiger partial charge in [-0.15, -0.1) is 22.7 Å². The zero-order valence-corrected chi connectivity index (χ0v) is 91.3. The van der Waals surface area contributed by atoms with Crippen LogP contribution in [-0.4, -0.2) is 32.2 Å². The quantitative estimate of drug-likeness (QED) is 0.0123. The van der Waals surface area contributed by atoms with Crippen molar-refractivity contribution in [2.75, 3.05) is 26.4 Å². The predicted octanol–water partition coefficient (Wildman–Crippen LogP) is 39.1. The number of fused-ring (bicyclic) bond motifs is 8. The summed E-state index contributed by atoms with van der Waals surface area (Å²) in [6, 6.07) is 65.1. The van der Waals surface area contributed by atoms with Gasteiger partial charge in [0, 0.05) is 64.0 Å². The molecule has 0 saturated heterocycles. The highest BCUT2D eigenvalue weighted by molar-refractivity contribution is 7.19. The Labute approximate surface area is 894 Å². The van der Waals surface area contributed by atoms with Crippen molar-refractivity contribution in [1.29, 1.82) is 10.5 Å². The highest BCUT2D eigenvalue weighted by Gasteiger charge is 2.54. The summed E-state index contributed by atoms with van der Waals surface area (Å²) in [4.78, 5) is 26.7. The second kappa shape index (κ2) is 55.1. The normalized spacial score (nSPS) is 14.5. The summed E-state index contributed by atoms with van der Waals surface area (Å²) in [5, 5.41) is 21.5. The van der Waals surface area contributed by atoms with Gasteiger partial charge in [-0.2, -0.15) is 0 Å². The summed E-state index contributed by atoms with van der Waals surface area (Å²) in [5.41, 5.74) is 18.0. The molecule has 9 aromatic carbocycles. The average Bonchev–Trinajstić information content (AvgIpc) is 1.50. The monoisotopic (exact) mass is 2040 g/mol. The first-order valence-corrected chi connectivity index (χ1v) is 58.4. The Hall–Kier alpha value is -12.1. The zero-order valence-electron chi connectivity index (χ0n) is 89.6. The van der Waals surface area contributed by atoms with Crippen molar-refractivity contribution >= 4 is 51.8 Å². The van der Waals surface area contributed by atoms with E-state index in [4.69, 9.17) is 32.1 Å². The van der Waals surface area contributed by atoms with Crippen molar-refractivity contribution in [3.8, 4) is 76.9 Å². The summed E-state index contributed by atoms with van der Waals surface area (Å²) in [7, 11) is 0. The van der Waals surface area contributed by atoms with Crippen LogP contribution >= 0.6 is 22.7 Å². The van der Waals surface area contributed by atoms with E-state index in [-0.39, 0.29) is 40.0 Å². The van der Waals surface area contributed by atoms with E-state index in [1.54, 1.807) is 28.7 Å². The minimum absolute atomic E-state index is 0.0216. The first-order chi connectivity index (χ1) is 73.0. The van der Waals surface area contributed by atoms with Crippen molar-refractivity contribution in [3.05, 3.63) is 339 Å². The number of Topliss-reactive ketones (excluding diaryl/α,β-unsaturated/α-hetero) is 1. The molecule has 0 atom stereocenters. The molecule has 0 N–H and O–H groups in total. The molecule has 0 unspecified atom stereocenters. The third kappa shape index (κ3) is 25.7. The molecule has 0 aliphatic heterocycles. The van der Waals surface area contributed by atoms with Gasteiger partial charge < -0.3 is 18.9 Å². The maximum absolute atomic E-state index is 15.7. The van der Waals surface area contributed by atoms with Crippen molar-refractivity contribution < 1.29 is 41.3 Å².